The van der Waals surface area contributed by atoms with E-state index in [1.165, 1.54) is 24.3 Å². The van der Waals surface area contributed by atoms with Gasteiger partial charge in [0.1, 0.15) is 12.1 Å². The van der Waals surface area contributed by atoms with Crippen molar-refractivity contribution < 1.29 is 14.0 Å². The van der Waals surface area contributed by atoms with Crippen LogP contribution in [0, 0.1) is 5.82 Å². The number of aldehydes is 1. The SMILES string of the molecule is NC(=O)c1ccc(F)cc1C=CCC=O. The van der Waals surface area contributed by atoms with Crippen LogP contribution in [0.5, 0.6) is 0 Å². The molecule has 0 spiro atoms. The Kier molecular flexibility index (Phi) is 3.74. The van der Waals surface area contributed by atoms with E-state index in [1.54, 1.807) is 0 Å². The Balaban J connectivity index is 3.07. The number of carbonyl (C=O) groups is 2. The zero-order valence-corrected chi connectivity index (χ0v) is 7.94. The van der Waals surface area contributed by atoms with Crippen LogP contribution in [0.2, 0.25) is 0 Å². The summed E-state index contributed by atoms with van der Waals surface area (Å²) in [5.74, 6) is -1.08. The fourth-order valence-electron chi connectivity index (χ4n) is 1.15. The minimum absolute atomic E-state index is 0.217. The number of halogens is 1. The van der Waals surface area contributed by atoms with Crippen LogP contribution in [0.1, 0.15) is 22.3 Å². The van der Waals surface area contributed by atoms with Crippen LogP contribution >= 0.6 is 0 Å². The third-order valence-corrected chi connectivity index (χ3v) is 1.81. The first-order valence-corrected chi connectivity index (χ1v) is 4.34. The number of hydrogen-bond acceptors (Lipinski definition) is 2. The van der Waals surface area contributed by atoms with Crippen LogP contribution in [0.3, 0.4) is 0 Å². The van der Waals surface area contributed by atoms with Crippen molar-refractivity contribution in [1.29, 1.82) is 0 Å². The van der Waals surface area contributed by atoms with Gasteiger partial charge in [-0.2, -0.15) is 0 Å². The van der Waals surface area contributed by atoms with Crippen molar-refractivity contribution in [2.75, 3.05) is 0 Å². The normalized spacial score (nSPS) is 10.5. The first kappa shape index (κ1) is 11.1. The summed E-state index contributed by atoms with van der Waals surface area (Å²) >= 11 is 0. The van der Waals surface area contributed by atoms with Crippen molar-refractivity contribution in [3.63, 3.8) is 0 Å². The van der Waals surface area contributed by atoms with Crippen LogP contribution in [-0.4, -0.2) is 12.2 Å². The van der Waals surface area contributed by atoms with E-state index in [1.807, 2.05) is 0 Å². The highest BCUT2D eigenvalue weighted by Crippen LogP contribution is 2.12. The second-order valence-electron chi connectivity index (χ2n) is 2.90. The number of amides is 1. The number of carbonyl (C=O) groups excluding carboxylic acids is 2. The fourth-order valence-corrected chi connectivity index (χ4v) is 1.15. The zero-order chi connectivity index (χ0) is 11.3. The average molecular weight is 207 g/mol. The minimum atomic E-state index is -0.624. The Morgan fingerprint density at radius 2 is 2.20 bits per heavy atom. The molecule has 4 heteroatoms. The first-order chi connectivity index (χ1) is 7.15. The van der Waals surface area contributed by atoms with Crippen LogP contribution in [-0.2, 0) is 4.79 Å². The summed E-state index contributed by atoms with van der Waals surface area (Å²) in [5.41, 5.74) is 5.72. The summed E-state index contributed by atoms with van der Waals surface area (Å²) in [7, 11) is 0. The van der Waals surface area contributed by atoms with Crippen LogP contribution in [0.25, 0.3) is 6.08 Å². The molecule has 0 fully saturated rings. The molecule has 1 aromatic carbocycles. The molecule has 0 aliphatic rings. The molecule has 3 nitrogen and oxygen atoms in total. The third kappa shape index (κ3) is 3.02. The van der Waals surface area contributed by atoms with Crippen molar-refractivity contribution in [3.8, 4) is 0 Å². The number of hydrogen-bond donors (Lipinski definition) is 1. The number of rotatable bonds is 4. The number of primary amides is 1. The van der Waals surface area contributed by atoms with E-state index < -0.39 is 11.7 Å². The van der Waals surface area contributed by atoms with Crippen LogP contribution < -0.4 is 5.73 Å². The van der Waals surface area contributed by atoms with Gasteiger partial charge in [0.25, 0.3) is 0 Å². The molecule has 0 aliphatic carbocycles. The summed E-state index contributed by atoms with van der Waals surface area (Å²) in [4.78, 5) is 21.0. The average Bonchev–Trinajstić information content (AvgIpc) is 2.18. The lowest BCUT2D eigenvalue weighted by atomic mass is 10.1. The molecule has 0 aromatic heterocycles. The van der Waals surface area contributed by atoms with Gasteiger partial charge in [0, 0.05) is 12.0 Å². The molecule has 0 aliphatic heterocycles. The van der Waals surface area contributed by atoms with Gasteiger partial charge in [0.2, 0.25) is 5.91 Å². The van der Waals surface area contributed by atoms with Gasteiger partial charge < -0.3 is 10.5 Å². The molecule has 0 radical (unpaired) electrons. The molecule has 0 bridgehead atoms. The van der Waals surface area contributed by atoms with Crippen molar-refractivity contribution in [1.82, 2.24) is 0 Å². The molecule has 0 saturated heterocycles. The fraction of sp³-hybridized carbons (Fsp3) is 0.0909. The zero-order valence-electron chi connectivity index (χ0n) is 7.94. The molecule has 15 heavy (non-hydrogen) atoms. The highest BCUT2D eigenvalue weighted by atomic mass is 19.1. The van der Waals surface area contributed by atoms with Gasteiger partial charge in [-0.15, -0.1) is 0 Å². The van der Waals surface area contributed by atoms with Gasteiger partial charge in [0.05, 0.1) is 0 Å². The molecular formula is C11H10FNO2. The maximum absolute atomic E-state index is 12.9. The van der Waals surface area contributed by atoms with E-state index in [0.717, 1.165) is 6.07 Å². The molecule has 0 saturated carbocycles. The Bertz CT molecular complexity index is 413. The van der Waals surface area contributed by atoms with Gasteiger partial charge in [-0.25, -0.2) is 4.39 Å². The molecule has 1 amide bonds. The topological polar surface area (TPSA) is 60.2 Å². The van der Waals surface area contributed by atoms with Gasteiger partial charge >= 0.3 is 0 Å². The van der Waals surface area contributed by atoms with E-state index >= 15 is 0 Å². The Morgan fingerprint density at radius 3 is 2.80 bits per heavy atom. The maximum Gasteiger partial charge on any atom is 0.249 e. The monoisotopic (exact) mass is 207 g/mol. The summed E-state index contributed by atoms with van der Waals surface area (Å²) < 4.78 is 12.9. The number of nitrogens with two attached hydrogens (primary N) is 1. The standard InChI is InChI=1S/C11H10FNO2/c12-9-4-5-10(11(13)15)8(7-9)3-1-2-6-14/h1,3-7H,2H2,(H2,13,15). The highest BCUT2D eigenvalue weighted by Gasteiger charge is 2.06. The summed E-state index contributed by atoms with van der Waals surface area (Å²) in [6.45, 7) is 0. The van der Waals surface area contributed by atoms with Crippen molar-refractivity contribution in [3.05, 3.63) is 41.2 Å². The quantitative estimate of drug-likeness (QED) is 0.761. The van der Waals surface area contributed by atoms with E-state index in [9.17, 15) is 14.0 Å². The highest BCUT2D eigenvalue weighted by molar-refractivity contribution is 5.96. The number of allylic oxidation sites excluding steroid dienone is 1. The van der Waals surface area contributed by atoms with E-state index in [0.29, 0.717) is 11.8 Å². The second kappa shape index (κ2) is 5.05. The van der Waals surface area contributed by atoms with Gasteiger partial charge in [0.15, 0.2) is 0 Å². The van der Waals surface area contributed by atoms with Crippen molar-refractivity contribution in [2.24, 2.45) is 5.73 Å². The lowest BCUT2D eigenvalue weighted by Gasteiger charge is -2.01. The second-order valence-corrected chi connectivity index (χ2v) is 2.90. The molecule has 0 unspecified atom stereocenters. The Labute approximate surface area is 86.4 Å². The predicted octanol–water partition coefficient (Wildman–Crippen LogP) is 1.53. The predicted molar refractivity (Wildman–Crippen MR) is 54.6 cm³/mol. The van der Waals surface area contributed by atoms with Gasteiger partial charge in [-0.3, -0.25) is 4.79 Å². The smallest absolute Gasteiger partial charge is 0.249 e. The van der Waals surface area contributed by atoms with E-state index in [2.05, 4.69) is 0 Å². The summed E-state index contributed by atoms with van der Waals surface area (Å²) in [5, 5.41) is 0. The first-order valence-electron chi connectivity index (χ1n) is 4.34. The van der Waals surface area contributed by atoms with Gasteiger partial charge in [-0.1, -0.05) is 12.2 Å². The Morgan fingerprint density at radius 1 is 1.47 bits per heavy atom. The molecular weight excluding hydrogens is 197 g/mol. The van der Waals surface area contributed by atoms with E-state index in [4.69, 9.17) is 5.73 Å². The van der Waals surface area contributed by atoms with Gasteiger partial charge in [-0.05, 0) is 23.8 Å². The molecule has 1 aromatic rings. The molecule has 78 valence electrons. The lowest BCUT2D eigenvalue weighted by Crippen LogP contribution is -2.12. The third-order valence-electron chi connectivity index (χ3n) is 1.81. The van der Waals surface area contributed by atoms with Crippen molar-refractivity contribution >= 4 is 18.3 Å². The Hall–Kier alpha value is -1.97. The largest absolute Gasteiger partial charge is 0.366 e. The summed E-state index contributed by atoms with van der Waals surface area (Å²) in [6.07, 6.45) is 3.96. The molecule has 2 N–H and O–H groups in total. The minimum Gasteiger partial charge on any atom is -0.366 e. The molecule has 0 atom stereocenters. The van der Waals surface area contributed by atoms with Crippen LogP contribution in [0.15, 0.2) is 24.3 Å². The molecule has 0 heterocycles. The number of benzene rings is 1. The lowest BCUT2D eigenvalue weighted by molar-refractivity contribution is -0.107. The summed E-state index contributed by atoms with van der Waals surface area (Å²) in [6, 6.07) is 3.68. The van der Waals surface area contributed by atoms with Crippen LogP contribution in [0.4, 0.5) is 4.39 Å². The van der Waals surface area contributed by atoms with Crippen molar-refractivity contribution in [2.45, 2.75) is 6.42 Å². The van der Waals surface area contributed by atoms with E-state index in [-0.39, 0.29) is 12.0 Å². The molecule has 1 rings (SSSR count). The maximum atomic E-state index is 12.9.